The first-order chi connectivity index (χ1) is 11.0. The molecule has 0 aliphatic heterocycles. The highest BCUT2D eigenvalue weighted by Crippen LogP contribution is 2.08. The summed E-state index contributed by atoms with van der Waals surface area (Å²) in [7, 11) is 0. The van der Waals surface area contributed by atoms with Crippen molar-refractivity contribution in [2.24, 2.45) is 5.92 Å². The lowest BCUT2D eigenvalue weighted by Crippen LogP contribution is -2.51. The fraction of sp³-hybridized carbons (Fsp3) is 0.692. The zero-order valence-electron chi connectivity index (χ0n) is 13.5. The van der Waals surface area contributed by atoms with Gasteiger partial charge >= 0.3 is 5.97 Å². The van der Waals surface area contributed by atoms with Crippen LogP contribution >= 0.6 is 0 Å². The van der Waals surface area contributed by atoms with E-state index in [2.05, 4.69) is 31.3 Å². The summed E-state index contributed by atoms with van der Waals surface area (Å²) in [6.07, 6.45) is 0.618. The van der Waals surface area contributed by atoms with Crippen LogP contribution in [0.15, 0.2) is 0 Å². The second-order valence-electron chi connectivity index (χ2n) is 4.98. The molecule has 1 heterocycles. The Kier molecular flexibility index (Phi) is 7.64. The first-order valence-corrected chi connectivity index (χ1v) is 7.43. The van der Waals surface area contributed by atoms with E-state index in [1.807, 2.05) is 13.8 Å². The van der Waals surface area contributed by atoms with E-state index in [1.54, 1.807) is 6.92 Å². The number of carbonyl (C=O) groups is 3. The molecule has 0 bridgehead atoms. The topological polar surface area (TPSA) is 139 Å². The van der Waals surface area contributed by atoms with Gasteiger partial charge in [0.15, 0.2) is 5.82 Å². The second-order valence-corrected chi connectivity index (χ2v) is 4.98. The number of H-pyrrole nitrogens is 1. The van der Waals surface area contributed by atoms with Gasteiger partial charge < -0.3 is 15.4 Å². The summed E-state index contributed by atoms with van der Waals surface area (Å²) in [5, 5.41) is 18.0. The quantitative estimate of drug-likeness (QED) is 0.492. The van der Waals surface area contributed by atoms with Gasteiger partial charge in [-0.3, -0.25) is 14.4 Å². The average molecular weight is 326 g/mol. The normalized spacial score (nSPS) is 13.0. The van der Waals surface area contributed by atoms with Crippen molar-refractivity contribution in [1.82, 2.24) is 31.3 Å². The molecule has 3 N–H and O–H groups in total. The summed E-state index contributed by atoms with van der Waals surface area (Å²) in [6.45, 7) is 5.43. The standard InChI is InChI=1S/C13H22N6O4/c1-4-8(3)12(13(22)14-7-11(21)23-5-2)15-10(20)6-9-16-18-19-17-9/h8,12H,4-7H2,1-3H3,(H,14,22)(H,15,20)(H,16,17,18,19)/t8-,12-/m0/s1. The molecule has 0 fully saturated rings. The van der Waals surface area contributed by atoms with Gasteiger partial charge in [-0.25, -0.2) is 5.10 Å². The van der Waals surface area contributed by atoms with Crippen molar-refractivity contribution >= 4 is 17.8 Å². The SMILES string of the molecule is CCOC(=O)CNC(=O)[C@@H](NC(=O)Cc1nnn[nH]1)[C@@H](C)CC. The lowest BCUT2D eigenvalue weighted by molar-refractivity contribution is -0.143. The number of nitrogens with zero attached hydrogens (tertiary/aromatic N) is 3. The minimum Gasteiger partial charge on any atom is -0.465 e. The third-order valence-corrected chi connectivity index (χ3v) is 3.24. The Morgan fingerprint density at radius 2 is 2.04 bits per heavy atom. The van der Waals surface area contributed by atoms with E-state index in [9.17, 15) is 14.4 Å². The molecule has 0 aromatic carbocycles. The number of hydrogen-bond acceptors (Lipinski definition) is 7. The maximum atomic E-state index is 12.2. The highest BCUT2D eigenvalue weighted by Gasteiger charge is 2.26. The maximum absolute atomic E-state index is 12.2. The number of ether oxygens (including phenoxy) is 1. The number of amides is 2. The van der Waals surface area contributed by atoms with E-state index < -0.39 is 17.9 Å². The van der Waals surface area contributed by atoms with E-state index in [4.69, 9.17) is 4.74 Å². The van der Waals surface area contributed by atoms with Gasteiger partial charge in [0, 0.05) is 0 Å². The van der Waals surface area contributed by atoms with E-state index in [0.717, 1.165) is 0 Å². The fourth-order valence-electron chi connectivity index (χ4n) is 1.81. The summed E-state index contributed by atoms with van der Waals surface area (Å²) in [5.74, 6) is -1.15. The molecule has 10 nitrogen and oxygen atoms in total. The molecule has 0 spiro atoms. The number of aromatic amines is 1. The Bertz CT molecular complexity index is 519. The summed E-state index contributed by atoms with van der Waals surface area (Å²) >= 11 is 0. The second kappa shape index (κ2) is 9.49. The molecule has 0 unspecified atom stereocenters. The van der Waals surface area contributed by atoms with Gasteiger partial charge in [-0.15, -0.1) is 5.10 Å². The molecule has 0 radical (unpaired) electrons. The van der Waals surface area contributed by atoms with E-state index >= 15 is 0 Å². The molecule has 1 rings (SSSR count). The van der Waals surface area contributed by atoms with Gasteiger partial charge in [0.25, 0.3) is 0 Å². The third-order valence-electron chi connectivity index (χ3n) is 3.24. The summed E-state index contributed by atoms with van der Waals surface area (Å²) in [4.78, 5) is 35.5. The van der Waals surface area contributed by atoms with Crippen LogP contribution in [0.2, 0.25) is 0 Å². The number of rotatable bonds is 9. The summed E-state index contributed by atoms with van der Waals surface area (Å²) < 4.78 is 4.74. The monoisotopic (exact) mass is 326 g/mol. The number of aromatic nitrogens is 4. The average Bonchev–Trinajstić information content (AvgIpc) is 3.02. The Hall–Kier alpha value is -2.52. The molecule has 128 valence electrons. The molecular weight excluding hydrogens is 304 g/mol. The van der Waals surface area contributed by atoms with Crippen LogP contribution in [0.4, 0.5) is 0 Å². The zero-order valence-corrected chi connectivity index (χ0v) is 13.5. The van der Waals surface area contributed by atoms with Crippen LogP contribution in [0.1, 0.15) is 33.0 Å². The molecule has 1 aromatic heterocycles. The number of carbonyl (C=O) groups excluding carboxylic acids is 3. The van der Waals surface area contributed by atoms with Gasteiger partial charge in [-0.1, -0.05) is 20.3 Å². The maximum Gasteiger partial charge on any atom is 0.325 e. The highest BCUT2D eigenvalue weighted by atomic mass is 16.5. The summed E-state index contributed by atoms with van der Waals surface area (Å²) in [6, 6.07) is -0.752. The van der Waals surface area contributed by atoms with Crippen LogP contribution in [0.25, 0.3) is 0 Å². The fourth-order valence-corrected chi connectivity index (χ4v) is 1.81. The molecule has 0 saturated carbocycles. The minimum absolute atomic E-state index is 0.0644. The number of hydrogen-bond donors (Lipinski definition) is 3. The van der Waals surface area contributed by atoms with Crippen LogP contribution in [0.3, 0.4) is 0 Å². The molecule has 0 aliphatic carbocycles. The van der Waals surface area contributed by atoms with E-state index in [-0.39, 0.29) is 31.4 Å². The van der Waals surface area contributed by atoms with Crippen LogP contribution in [0.5, 0.6) is 0 Å². The largest absolute Gasteiger partial charge is 0.465 e. The lowest BCUT2D eigenvalue weighted by atomic mass is 9.98. The molecule has 2 atom stereocenters. The molecule has 0 saturated heterocycles. The Balaban J connectivity index is 2.58. The third kappa shape index (κ3) is 6.41. The van der Waals surface area contributed by atoms with Crippen LogP contribution in [-0.4, -0.2) is 57.6 Å². The summed E-state index contributed by atoms with van der Waals surface area (Å²) in [5.41, 5.74) is 0. The Morgan fingerprint density at radius 1 is 1.30 bits per heavy atom. The van der Waals surface area contributed by atoms with Crippen molar-refractivity contribution in [3.8, 4) is 0 Å². The minimum atomic E-state index is -0.752. The molecule has 2 amide bonds. The zero-order chi connectivity index (χ0) is 17.2. The smallest absolute Gasteiger partial charge is 0.325 e. The number of esters is 1. The van der Waals surface area contributed by atoms with Gasteiger partial charge in [0.1, 0.15) is 12.6 Å². The molecule has 1 aromatic rings. The van der Waals surface area contributed by atoms with E-state index in [1.165, 1.54) is 0 Å². The van der Waals surface area contributed by atoms with Crippen molar-refractivity contribution < 1.29 is 19.1 Å². The van der Waals surface area contributed by atoms with Crippen LogP contribution < -0.4 is 10.6 Å². The molecule has 23 heavy (non-hydrogen) atoms. The molecule has 10 heteroatoms. The number of tetrazole rings is 1. The van der Waals surface area contributed by atoms with Gasteiger partial charge in [0.05, 0.1) is 13.0 Å². The van der Waals surface area contributed by atoms with Crippen LogP contribution in [-0.2, 0) is 25.5 Å². The lowest BCUT2D eigenvalue weighted by Gasteiger charge is -2.23. The van der Waals surface area contributed by atoms with Crippen molar-refractivity contribution in [1.29, 1.82) is 0 Å². The van der Waals surface area contributed by atoms with Crippen molar-refractivity contribution in [3.05, 3.63) is 5.82 Å². The molecule has 0 aliphatic rings. The van der Waals surface area contributed by atoms with Crippen LogP contribution in [0, 0.1) is 5.92 Å². The van der Waals surface area contributed by atoms with Crippen molar-refractivity contribution in [2.45, 2.75) is 39.7 Å². The van der Waals surface area contributed by atoms with Crippen molar-refractivity contribution in [3.63, 3.8) is 0 Å². The Labute approximate surface area is 133 Å². The van der Waals surface area contributed by atoms with Gasteiger partial charge in [-0.2, -0.15) is 0 Å². The van der Waals surface area contributed by atoms with Crippen molar-refractivity contribution in [2.75, 3.05) is 13.2 Å². The van der Waals surface area contributed by atoms with E-state index in [0.29, 0.717) is 12.2 Å². The predicted octanol–water partition coefficient (Wildman–Crippen LogP) is -1.05. The predicted molar refractivity (Wildman–Crippen MR) is 78.9 cm³/mol. The van der Waals surface area contributed by atoms with Gasteiger partial charge in [0.2, 0.25) is 11.8 Å². The number of nitrogens with one attached hydrogen (secondary N) is 3. The first kappa shape index (κ1) is 18.5. The first-order valence-electron chi connectivity index (χ1n) is 7.43. The molecular formula is C13H22N6O4. The highest BCUT2D eigenvalue weighted by molar-refractivity contribution is 5.90. The Morgan fingerprint density at radius 3 is 2.61 bits per heavy atom. The van der Waals surface area contributed by atoms with Gasteiger partial charge in [-0.05, 0) is 23.3 Å².